The van der Waals surface area contributed by atoms with Gasteiger partial charge < -0.3 is 10.2 Å². The molecule has 23 heavy (non-hydrogen) atoms. The number of rotatable bonds is 1. The third-order valence-corrected chi connectivity index (χ3v) is 8.73. The van der Waals surface area contributed by atoms with Crippen LogP contribution in [0.1, 0.15) is 72.1 Å². The van der Waals surface area contributed by atoms with Crippen molar-refractivity contribution in [3.05, 3.63) is 11.6 Å². The van der Waals surface area contributed by atoms with Gasteiger partial charge in [0.05, 0.1) is 12.2 Å². The highest BCUT2D eigenvalue weighted by Gasteiger charge is 2.59. The van der Waals surface area contributed by atoms with Crippen molar-refractivity contribution < 1.29 is 10.2 Å². The molecule has 0 bridgehead atoms. The largest absolute Gasteiger partial charge is 0.393 e. The van der Waals surface area contributed by atoms with Gasteiger partial charge in [-0.1, -0.05) is 25.5 Å². The average molecular weight is 319 g/mol. The Hall–Kier alpha value is -0.340. The fourth-order valence-corrected chi connectivity index (χ4v) is 7.47. The molecule has 0 radical (unpaired) electrons. The molecule has 0 aromatic heterocycles. The van der Waals surface area contributed by atoms with E-state index >= 15 is 0 Å². The van der Waals surface area contributed by atoms with Crippen LogP contribution >= 0.6 is 0 Å². The summed E-state index contributed by atoms with van der Waals surface area (Å²) >= 11 is 0. The fraction of sp³-hybridized carbons (Fsp3) is 0.905. The van der Waals surface area contributed by atoms with E-state index < -0.39 is 0 Å². The second-order valence-electron chi connectivity index (χ2n) is 9.62. The molecule has 2 N–H and O–H groups in total. The van der Waals surface area contributed by atoms with Crippen LogP contribution in [0.5, 0.6) is 0 Å². The van der Waals surface area contributed by atoms with Crippen molar-refractivity contribution in [1.82, 2.24) is 0 Å². The van der Waals surface area contributed by atoms with Gasteiger partial charge in [0, 0.05) is 0 Å². The summed E-state index contributed by atoms with van der Waals surface area (Å²) < 4.78 is 0. The molecule has 4 rings (SSSR count). The Morgan fingerprint density at radius 1 is 1.09 bits per heavy atom. The second-order valence-corrected chi connectivity index (χ2v) is 9.62. The van der Waals surface area contributed by atoms with Gasteiger partial charge in [-0.25, -0.2) is 0 Å². The van der Waals surface area contributed by atoms with Crippen LogP contribution in [0.4, 0.5) is 0 Å². The van der Waals surface area contributed by atoms with E-state index in [2.05, 4.69) is 19.9 Å². The zero-order valence-electron chi connectivity index (χ0n) is 15.1. The first-order valence-electron chi connectivity index (χ1n) is 9.92. The smallest absolute Gasteiger partial charge is 0.0577 e. The van der Waals surface area contributed by atoms with Crippen molar-refractivity contribution in [2.75, 3.05) is 0 Å². The van der Waals surface area contributed by atoms with Gasteiger partial charge in [-0.3, -0.25) is 0 Å². The van der Waals surface area contributed by atoms with Crippen molar-refractivity contribution in [2.24, 2.45) is 34.5 Å². The van der Waals surface area contributed by atoms with E-state index in [1.54, 1.807) is 5.57 Å². The predicted molar refractivity (Wildman–Crippen MR) is 92.9 cm³/mol. The molecule has 0 aromatic carbocycles. The van der Waals surface area contributed by atoms with Gasteiger partial charge >= 0.3 is 0 Å². The maximum atomic E-state index is 10.3. The van der Waals surface area contributed by atoms with Gasteiger partial charge in [0.2, 0.25) is 0 Å². The highest BCUT2D eigenvalue weighted by Crippen LogP contribution is 2.66. The number of hydrogen-bond donors (Lipinski definition) is 2. The van der Waals surface area contributed by atoms with Gasteiger partial charge in [0.15, 0.2) is 0 Å². The van der Waals surface area contributed by atoms with E-state index in [1.165, 1.54) is 38.5 Å². The molecule has 2 heteroatoms. The van der Waals surface area contributed by atoms with E-state index in [4.69, 9.17) is 0 Å². The van der Waals surface area contributed by atoms with Crippen LogP contribution in [0.15, 0.2) is 11.6 Å². The maximum absolute atomic E-state index is 10.3. The Morgan fingerprint density at radius 2 is 1.87 bits per heavy atom. The molecule has 0 aromatic rings. The summed E-state index contributed by atoms with van der Waals surface area (Å²) in [4.78, 5) is 0. The molecule has 130 valence electrons. The lowest BCUT2D eigenvalue weighted by atomic mass is 9.47. The van der Waals surface area contributed by atoms with Crippen LogP contribution in [0, 0.1) is 34.5 Å². The zero-order valence-corrected chi connectivity index (χ0v) is 15.1. The van der Waals surface area contributed by atoms with Crippen LogP contribution in [0.25, 0.3) is 0 Å². The molecule has 0 unspecified atom stereocenters. The van der Waals surface area contributed by atoms with Gasteiger partial charge in [-0.2, -0.15) is 0 Å². The SMILES string of the molecule is C[C@H](O)[C@H]1CC[C@@H]2[C@H]3CC=C4C[C@@H](O)CC[C@]4(C)[C@@H]3CC[C@@]21C. The van der Waals surface area contributed by atoms with Crippen LogP contribution in [-0.2, 0) is 0 Å². The molecule has 0 heterocycles. The summed E-state index contributed by atoms with van der Waals surface area (Å²) in [6.07, 6.45) is 11.7. The number of aliphatic hydroxyl groups is 2. The monoisotopic (exact) mass is 318 g/mol. The Balaban J connectivity index is 1.65. The number of aliphatic hydroxyl groups excluding tert-OH is 2. The summed E-state index contributed by atoms with van der Waals surface area (Å²) in [7, 11) is 0. The third kappa shape index (κ3) is 2.20. The van der Waals surface area contributed by atoms with E-state index in [0.29, 0.717) is 16.7 Å². The van der Waals surface area contributed by atoms with E-state index in [9.17, 15) is 10.2 Å². The van der Waals surface area contributed by atoms with Crippen LogP contribution in [0.3, 0.4) is 0 Å². The van der Waals surface area contributed by atoms with Gasteiger partial charge in [-0.15, -0.1) is 0 Å². The topological polar surface area (TPSA) is 40.5 Å². The summed E-state index contributed by atoms with van der Waals surface area (Å²) in [5, 5.41) is 20.4. The summed E-state index contributed by atoms with van der Waals surface area (Å²) in [5.41, 5.74) is 2.25. The maximum Gasteiger partial charge on any atom is 0.0577 e. The standard InChI is InChI=1S/C21H34O2/c1-13(22)17-6-7-18-16-5-4-14-12-15(23)8-10-20(14,2)19(16)9-11-21(17,18)3/h4,13,15-19,22-23H,5-12H2,1-3H3/t13-,15-,16+,17+,18+,19+,20-,21+/m0/s1. The molecule has 2 nitrogen and oxygen atoms in total. The van der Waals surface area contributed by atoms with Gasteiger partial charge in [0.1, 0.15) is 0 Å². The van der Waals surface area contributed by atoms with E-state index in [1.807, 2.05) is 6.92 Å². The molecular formula is C21H34O2. The highest BCUT2D eigenvalue weighted by molar-refractivity contribution is 5.25. The summed E-state index contributed by atoms with van der Waals surface area (Å²) in [6.45, 7) is 6.98. The van der Waals surface area contributed by atoms with Crippen molar-refractivity contribution in [1.29, 1.82) is 0 Å². The second kappa shape index (κ2) is 5.33. The Bertz CT molecular complexity index is 510. The minimum atomic E-state index is -0.156. The first kappa shape index (κ1) is 16.1. The molecule has 0 spiro atoms. The molecule has 0 aliphatic heterocycles. The molecule has 0 amide bonds. The number of hydrogen-bond acceptors (Lipinski definition) is 2. The Kier molecular flexibility index (Phi) is 3.74. The fourth-order valence-electron chi connectivity index (χ4n) is 7.47. The number of fused-ring (bicyclic) bond motifs is 5. The molecule has 4 aliphatic carbocycles. The van der Waals surface area contributed by atoms with Crippen LogP contribution < -0.4 is 0 Å². The lowest BCUT2D eigenvalue weighted by Crippen LogP contribution is -2.51. The summed E-state index contributed by atoms with van der Waals surface area (Å²) in [6, 6.07) is 0. The summed E-state index contributed by atoms with van der Waals surface area (Å²) in [5.74, 6) is 2.91. The lowest BCUT2D eigenvalue weighted by Gasteiger charge is -2.58. The Labute approximate surface area is 141 Å². The van der Waals surface area contributed by atoms with Crippen molar-refractivity contribution in [2.45, 2.75) is 84.3 Å². The minimum absolute atomic E-state index is 0.106. The first-order chi connectivity index (χ1) is 10.9. The van der Waals surface area contributed by atoms with Gasteiger partial charge in [-0.05, 0) is 92.8 Å². The average Bonchev–Trinajstić information content (AvgIpc) is 2.85. The quantitative estimate of drug-likeness (QED) is 0.707. The first-order valence-corrected chi connectivity index (χ1v) is 9.92. The predicted octanol–water partition coefficient (Wildman–Crippen LogP) is 4.31. The van der Waals surface area contributed by atoms with Crippen molar-refractivity contribution in [3.8, 4) is 0 Å². The molecule has 3 fully saturated rings. The van der Waals surface area contributed by atoms with Gasteiger partial charge in [0.25, 0.3) is 0 Å². The molecule has 0 saturated heterocycles. The normalized spacial score (nSPS) is 53.8. The molecular weight excluding hydrogens is 284 g/mol. The molecule has 8 atom stereocenters. The lowest BCUT2D eigenvalue weighted by molar-refractivity contribution is -0.0675. The van der Waals surface area contributed by atoms with E-state index in [-0.39, 0.29) is 12.2 Å². The molecule has 3 saturated carbocycles. The van der Waals surface area contributed by atoms with Crippen LogP contribution in [-0.4, -0.2) is 22.4 Å². The zero-order chi connectivity index (χ0) is 16.4. The highest BCUT2D eigenvalue weighted by atomic mass is 16.3. The van der Waals surface area contributed by atoms with E-state index in [0.717, 1.165) is 30.6 Å². The van der Waals surface area contributed by atoms with Crippen molar-refractivity contribution in [3.63, 3.8) is 0 Å². The van der Waals surface area contributed by atoms with Crippen molar-refractivity contribution >= 4 is 0 Å². The minimum Gasteiger partial charge on any atom is -0.393 e. The third-order valence-electron chi connectivity index (χ3n) is 8.73. The Morgan fingerprint density at radius 3 is 2.61 bits per heavy atom. The number of allylic oxidation sites excluding steroid dienone is 1. The van der Waals surface area contributed by atoms with Crippen LogP contribution in [0.2, 0.25) is 0 Å². The molecule has 4 aliphatic rings.